The molecule has 35 heavy (non-hydrogen) atoms. The molecule has 14 heteroatoms. The molecule has 5 N–H and O–H groups in total. The molecule has 4 rings (SSSR count). The molecule has 2 aliphatic rings. The zero-order valence-electron chi connectivity index (χ0n) is 18.8. The molecule has 1 atom stereocenters. The highest BCUT2D eigenvalue weighted by Crippen LogP contribution is 2.45. The van der Waals surface area contributed by atoms with Crippen molar-refractivity contribution in [2.75, 3.05) is 20.1 Å². The Balaban J connectivity index is 0.000000509. The van der Waals surface area contributed by atoms with Crippen LogP contribution in [0, 0.1) is 11.5 Å². The minimum atomic E-state index is -4.82. The van der Waals surface area contributed by atoms with E-state index in [1.807, 2.05) is 6.19 Å². The van der Waals surface area contributed by atoms with Gasteiger partial charge in [-0.15, -0.1) is 13.2 Å². The van der Waals surface area contributed by atoms with Crippen molar-refractivity contribution in [3.05, 3.63) is 42.1 Å². The molecule has 0 radical (unpaired) electrons. The van der Waals surface area contributed by atoms with Crippen molar-refractivity contribution >= 4 is 5.91 Å². The smallest absolute Gasteiger partial charge is 0.406 e. The Kier molecular flexibility index (Phi) is 8.02. The summed E-state index contributed by atoms with van der Waals surface area (Å²) in [4.78, 5) is 17.9. The minimum Gasteiger partial charge on any atom is -0.406 e. The second kappa shape index (κ2) is 11.0. The first-order valence-corrected chi connectivity index (χ1v) is 10.6. The van der Waals surface area contributed by atoms with Crippen LogP contribution < -0.4 is 21.6 Å². The van der Waals surface area contributed by atoms with Crippen LogP contribution in [0.25, 0.3) is 11.4 Å². The van der Waals surface area contributed by atoms with Crippen LogP contribution in [0.15, 0.2) is 35.1 Å². The van der Waals surface area contributed by atoms with Gasteiger partial charge >= 0.3 is 18.2 Å². The molecule has 1 saturated carbocycles. The van der Waals surface area contributed by atoms with Gasteiger partial charge in [-0.1, -0.05) is 11.2 Å². The van der Waals surface area contributed by atoms with Gasteiger partial charge in [0.25, 0.3) is 0 Å². The highest BCUT2D eigenvalue weighted by atomic mass is 19.4. The summed E-state index contributed by atoms with van der Waals surface area (Å²) in [5.74, 6) is 4.02. The van der Waals surface area contributed by atoms with Crippen LogP contribution in [0.4, 0.5) is 13.2 Å². The summed E-state index contributed by atoms with van der Waals surface area (Å²) in [5, 5.41) is 16.7. The van der Waals surface area contributed by atoms with Crippen molar-refractivity contribution in [3.8, 4) is 23.3 Å². The van der Waals surface area contributed by atoms with E-state index in [9.17, 15) is 18.0 Å². The van der Waals surface area contributed by atoms with Crippen molar-refractivity contribution in [2.24, 2.45) is 11.6 Å². The molecule has 2 fully saturated rings. The number of hydrazine groups is 1. The molecule has 1 aliphatic carbocycles. The number of likely N-dealkylation sites (tertiary alicyclic amines) is 1. The van der Waals surface area contributed by atoms with Crippen molar-refractivity contribution in [1.82, 2.24) is 25.4 Å². The first-order chi connectivity index (χ1) is 16.6. The predicted molar refractivity (Wildman–Crippen MR) is 117 cm³/mol. The molecule has 2 heterocycles. The number of nitriles is 1. The van der Waals surface area contributed by atoms with Crippen LogP contribution in [0.5, 0.6) is 5.75 Å². The molecular formula is C21H25F3N8O3. The number of halogens is 3. The van der Waals surface area contributed by atoms with Gasteiger partial charge in [0.05, 0.1) is 0 Å². The largest absolute Gasteiger partial charge is 0.573 e. The second-order valence-corrected chi connectivity index (χ2v) is 8.01. The lowest BCUT2D eigenvalue weighted by atomic mass is 10.0. The summed E-state index contributed by atoms with van der Waals surface area (Å²) >= 11 is 0. The molecule has 1 unspecified atom stereocenters. The second-order valence-electron chi connectivity index (χ2n) is 8.01. The molecule has 1 aliphatic heterocycles. The molecule has 0 spiro atoms. The number of alkyl halides is 3. The fourth-order valence-electron chi connectivity index (χ4n) is 3.45. The summed E-state index contributed by atoms with van der Waals surface area (Å²) < 4.78 is 46.7. The molecular weight excluding hydrogens is 469 g/mol. The summed E-state index contributed by atoms with van der Waals surface area (Å²) in [7, 11) is 1.70. The molecule has 1 aromatic carbocycles. The number of carbonyl (C=O) groups is 1. The third-order valence-corrected chi connectivity index (χ3v) is 5.12. The Morgan fingerprint density at radius 3 is 2.69 bits per heavy atom. The van der Waals surface area contributed by atoms with E-state index in [2.05, 4.69) is 20.2 Å². The average molecular weight is 494 g/mol. The molecule has 1 aromatic heterocycles. The molecule has 2 aromatic rings. The quantitative estimate of drug-likeness (QED) is 0.308. The number of nitrogens with one attached hydrogen (secondary N) is 1. The zero-order chi connectivity index (χ0) is 25.6. The number of carbonyl (C=O) groups excluding carboxylic acids is 1. The Morgan fingerprint density at radius 1 is 1.40 bits per heavy atom. The summed E-state index contributed by atoms with van der Waals surface area (Å²) in [6.07, 6.45) is 2.56. The van der Waals surface area contributed by atoms with E-state index in [1.54, 1.807) is 19.3 Å². The number of rotatable bonds is 6. The zero-order valence-corrected chi connectivity index (χ0v) is 18.8. The monoisotopic (exact) mass is 494 g/mol. The van der Waals surface area contributed by atoms with E-state index in [-0.39, 0.29) is 23.7 Å². The number of nitrogens with two attached hydrogens (primary N) is 2. The van der Waals surface area contributed by atoms with Gasteiger partial charge in [0.2, 0.25) is 5.82 Å². The molecule has 0 bridgehead atoms. The van der Waals surface area contributed by atoms with Crippen LogP contribution in [-0.2, 0) is 0 Å². The third kappa shape index (κ3) is 7.51. The van der Waals surface area contributed by atoms with Crippen molar-refractivity contribution < 1.29 is 27.2 Å². The number of nitrogens with zero attached hydrogens (tertiary/aromatic N) is 5. The Labute approximate surface area is 199 Å². The Morgan fingerprint density at radius 2 is 2.14 bits per heavy atom. The fourth-order valence-corrected chi connectivity index (χ4v) is 3.45. The van der Waals surface area contributed by atoms with Gasteiger partial charge in [-0.05, 0) is 42.9 Å². The van der Waals surface area contributed by atoms with Gasteiger partial charge in [0, 0.05) is 44.1 Å². The van der Waals surface area contributed by atoms with Gasteiger partial charge in [-0.2, -0.15) is 10.2 Å². The van der Waals surface area contributed by atoms with Gasteiger partial charge in [-0.3, -0.25) is 4.79 Å². The highest BCUT2D eigenvalue weighted by molar-refractivity contribution is 5.90. The Hall–Kier alpha value is -3.99. The Bertz CT molecular complexity index is 1090. The van der Waals surface area contributed by atoms with Crippen LogP contribution in [0.2, 0.25) is 0 Å². The lowest BCUT2D eigenvalue weighted by Crippen LogP contribution is -2.36. The topological polar surface area (TPSA) is 160 Å². The third-order valence-electron chi connectivity index (χ3n) is 5.12. The summed E-state index contributed by atoms with van der Waals surface area (Å²) in [6.45, 7) is 0.944. The van der Waals surface area contributed by atoms with Crippen LogP contribution in [0.1, 0.15) is 41.4 Å². The minimum absolute atomic E-state index is 0.0229. The van der Waals surface area contributed by atoms with Gasteiger partial charge in [0.1, 0.15) is 5.75 Å². The average Bonchev–Trinajstić information content (AvgIpc) is 3.32. The van der Waals surface area contributed by atoms with Crippen molar-refractivity contribution in [3.63, 3.8) is 0 Å². The van der Waals surface area contributed by atoms with Crippen molar-refractivity contribution in [1.29, 1.82) is 5.26 Å². The number of hydrogen-bond acceptors (Lipinski definition) is 10. The van der Waals surface area contributed by atoms with E-state index >= 15 is 0 Å². The molecule has 11 nitrogen and oxygen atoms in total. The fraction of sp³-hybridized carbons (Fsp3) is 0.429. The lowest BCUT2D eigenvalue weighted by molar-refractivity contribution is -0.274. The van der Waals surface area contributed by atoms with Gasteiger partial charge in [0.15, 0.2) is 6.19 Å². The maximum absolute atomic E-state index is 12.6. The first kappa shape index (κ1) is 25.6. The predicted octanol–water partition coefficient (Wildman–Crippen LogP) is 2.02. The standard InChI is InChI=1S/C18H16F3N5O3.C3H9N3/c19-18(20,21)28-12-3-4-13(10-1-2-10)14(7-12)15-24-17(29-25-15)16(27)23-11-5-6-26(8-11)9-22;1-6(5)3-2-4/h3-4,7,10-11H,1-2,5-6,8H2,(H,23,27);2-3H,4-5H2,1H3/b;3-2-. The maximum Gasteiger partial charge on any atom is 0.573 e. The molecule has 1 amide bonds. The van der Waals surface area contributed by atoms with E-state index in [4.69, 9.17) is 21.4 Å². The lowest BCUT2D eigenvalue weighted by Gasteiger charge is -2.12. The van der Waals surface area contributed by atoms with E-state index in [0.717, 1.165) is 18.4 Å². The van der Waals surface area contributed by atoms with Crippen LogP contribution >= 0.6 is 0 Å². The van der Waals surface area contributed by atoms with Crippen LogP contribution in [0.3, 0.4) is 0 Å². The summed E-state index contributed by atoms with van der Waals surface area (Å²) in [5.41, 5.74) is 6.05. The number of aromatic nitrogens is 2. The van der Waals surface area contributed by atoms with E-state index in [1.165, 1.54) is 28.2 Å². The maximum atomic E-state index is 12.6. The first-order valence-electron chi connectivity index (χ1n) is 10.6. The van der Waals surface area contributed by atoms with Gasteiger partial charge < -0.3 is 30.2 Å². The van der Waals surface area contributed by atoms with Gasteiger partial charge in [-0.25, -0.2) is 5.84 Å². The molecule has 1 saturated heterocycles. The summed E-state index contributed by atoms with van der Waals surface area (Å²) in [6, 6.07) is 3.79. The van der Waals surface area contributed by atoms with Crippen molar-refractivity contribution in [2.45, 2.75) is 37.6 Å². The van der Waals surface area contributed by atoms with Crippen LogP contribution in [-0.4, -0.2) is 58.5 Å². The molecule has 188 valence electrons. The SMILES string of the molecule is CN(N)/C=C\N.N#CN1CCC(NC(=O)c2nc(-c3cc(OC(F)(F)F)ccc3C3CC3)no2)C1. The van der Waals surface area contributed by atoms with E-state index < -0.39 is 18.0 Å². The number of ether oxygens (including phenoxy) is 1. The number of benzene rings is 1. The normalized spacial score (nSPS) is 17.5. The number of amides is 1. The van der Waals surface area contributed by atoms with E-state index in [0.29, 0.717) is 25.1 Å². The number of hydrogen-bond donors (Lipinski definition) is 3. The highest BCUT2D eigenvalue weighted by Gasteiger charge is 2.33.